The third-order valence-electron chi connectivity index (χ3n) is 3.76. The van der Waals surface area contributed by atoms with Crippen molar-refractivity contribution in [3.05, 3.63) is 23.2 Å². The maximum Gasteiger partial charge on any atom is 0.233 e. The standard InChI is InChI=1S/C16H21ClN2O3/c1-11-4-3-7-19(10-11)16(21)9-15(20)18-13-8-12(17)5-6-14(13)22-2/h5-6,8,11H,3-4,7,9-10H2,1-2H3,(H,18,20). The second-order valence-electron chi connectivity index (χ2n) is 5.66. The third kappa shape index (κ3) is 4.37. The Kier molecular flexibility index (Phi) is 5.66. The molecule has 0 radical (unpaired) electrons. The lowest BCUT2D eigenvalue weighted by atomic mass is 10.00. The number of ether oxygens (including phenoxy) is 1. The van der Waals surface area contributed by atoms with Gasteiger partial charge >= 0.3 is 0 Å². The number of likely N-dealkylation sites (tertiary alicyclic amines) is 1. The molecule has 1 aromatic rings. The van der Waals surface area contributed by atoms with Gasteiger partial charge in [-0.2, -0.15) is 0 Å². The van der Waals surface area contributed by atoms with Gasteiger partial charge in [0.2, 0.25) is 11.8 Å². The molecule has 1 atom stereocenters. The second-order valence-corrected chi connectivity index (χ2v) is 6.09. The minimum Gasteiger partial charge on any atom is -0.495 e. The third-order valence-corrected chi connectivity index (χ3v) is 3.99. The zero-order valence-electron chi connectivity index (χ0n) is 12.9. The predicted molar refractivity (Wildman–Crippen MR) is 86.2 cm³/mol. The number of hydrogen-bond acceptors (Lipinski definition) is 3. The Morgan fingerprint density at radius 3 is 2.91 bits per heavy atom. The van der Waals surface area contributed by atoms with Gasteiger partial charge in [-0.15, -0.1) is 0 Å². The quantitative estimate of drug-likeness (QED) is 0.866. The van der Waals surface area contributed by atoms with E-state index in [1.54, 1.807) is 23.1 Å². The van der Waals surface area contributed by atoms with E-state index in [9.17, 15) is 9.59 Å². The maximum absolute atomic E-state index is 12.2. The lowest BCUT2D eigenvalue weighted by Crippen LogP contribution is -2.40. The lowest BCUT2D eigenvalue weighted by molar-refractivity contribution is -0.136. The topological polar surface area (TPSA) is 58.6 Å². The summed E-state index contributed by atoms with van der Waals surface area (Å²) in [5.41, 5.74) is 0.472. The van der Waals surface area contributed by atoms with E-state index in [0.717, 1.165) is 25.9 Å². The Morgan fingerprint density at radius 2 is 2.23 bits per heavy atom. The molecule has 6 heteroatoms. The first kappa shape index (κ1) is 16.6. The molecule has 1 aliphatic heterocycles. The first-order valence-corrected chi connectivity index (χ1v) is 7.78. The monoisotopic (exact) mass is 324 g/mol. The molecule has 2 amide bonds. The summed E-state index contributed by atoms with van der Waals surface area (Å²) in [6, 6.07) is 4.95. The van der Waals surface area contributed by atoms with Crippen LogP contribution in [0.15, 0.2) is 18.2 Å². The summed E-state index contributed by atoms with van der Waals surface area (Å²) in [4.78, 5) is 26.0. The fourth-order valence-corrected chi connectivity index (χ4v) is 2.81. The number of amides is 2. The smallest absolute Gasteiger partial charge is 0.233 e. The number of carbonyl (C=O) groups excluding carboxylic acids is 2. The van der Waals surface area contributed by atoms with Gasteiger partial charge < -0.3 is 15.0 Å². The van der Waals surface area contributed by atoms with Gasteiger partial charge in [0.25, 0.3) is 0 Å². The number of nitrogens with zero attached hydrogens (tertiary/aromatic N) is 1. The van der Waals surface area contributed by atoms with Crippen LogP contribution in [0.5, 0.6) is 5.75 Å². The van der Waals surface area contributed by atoms with Crippen LogP contribution in [0.4, 0.5) is 5.69 Å². The molecule has 1 heterocycles. The molecule has 1 unspecified atom stereocenters. The van der Waals surface area contributed by atoms with Gasteiger partial charge in [-0.25, -0.2) is 0 Å². The Labute approximate surface area is 135 Å². The van der Waals surface area contributed by atoms with Crippen molar-refractivity contribution in [1.29, 1.82) is 0 Å². The second kappa shape index (κ2) is 7.49. The van der Waals surface area contributed by atoms with Crippen LogP contribution in [0, 0.1) is 5.92 Å². The fourth-order valence-electron chi connectivity index (χ4n) is 2.64. The maximum atomic E-state index is 12.2. The van der Waals surface area contributed by atoms with Crippen molar-refractivity contribution in [3.8, 4) is 5.75 Å². The number of carbonyl (C=O) groups is 2. The predicted octanol–water partition coefficient (Wildman–Crippen LogP) is 2.94. The molecule has 1 aliphatic rings. The van der Waals surface area contributed by atoms with Gasteiger partial charge in [-0.05, 0) is 37.0 Å². The largest absolute Gasteiger partial charge is 0.495 e. The Bertz CT molecular complexity index is 562. The van der Waals surface area contributed by atoms with Crippen LogP contribution < -0.4 is 10.1 Å². The van der Waals surface area contributed by atoms with Crippen molar-refractivity contribution < 1.29 is 14.3 Å². The van der Waals surface area contributed by atoms with Crippen LogP contribution in [0.3, 0.4) is 0 Å². The highest BCUT2D eigenvalue weighted by Crippen LogP contribution is 2.27. The zero-order chi connectivity index (χ0) is 16.1. The Hall–Kier alpha value is -1.75. The number of anilines is 1. The molecule has 22 heavy (non-hydrogen) atoms. The normalized spacial score (nSPS) is 18.0. The van der Waals surface area contributed by atoms with Crippen LogP contribution in [-0.4, -0.2) is 36.9 Å². The van der Waals surface area contributed by atoms with Gasteiger partial charge in [0, 0.05) is 18.1 Å². The average Bonchev–Trinajstić information content (AvgIpc) is 2.47. The van der Waals surface area contributed by atoms with Crippen molar-refractivity contribution in [2.75, 3.05) is 25.5 Å². The molecule has 0 aliphatic carbocycles. The average molecular weight is 325 g/mol. The molecule has 0 saturated carbocycles. The molecule has 5 nitrogen and oxygen atoms in total. The van der Waals surface area contributed by atoms with Crippen molar-refractivity contribution in [1.82, 2.24) is 4.90 Å². The molecule has 0 aromatic heterocycles. The van der Waals surface area contributed by atoms with E-state index >= 15 is 0 Å². The number of methoxy groups -OCH3 is 1. The van der Waals surface area contributed by atoms with E-state index in [0.29, 0.717) is 22.4 Å². The first-order chi connectivity index (χ1) is 10.5. The number of piperidine rings is 1. The van der Waals surface area contributed by atoms with E-state index in [-0.39, 0.29) is 18.2 Å². The van der Waals surface area contributed by atoms with Gasteiger partial charge in [-0.1, -0.05) is 18.5 Å². The minimum atomic E-state index is -0.358. The van der Waals surface area contributed by atoms with Crippen molar-refractivity contribution >= 4 is 29.1 Å². The molecule has 1 fully saturated rings. The Morgan fingerprint density at radius 1 is 1.45 bits per heavy atom. The van der Waals surface area contributed by atoms with Gasteiger partial charge in [-0.3, -0.25) is 9.59 Å². The highest BCUT2D eigenvalue weighted by Gasteiger charge is 2.23. The van der Waals surface area contributed by atoms with Crippen molar-refractivity contribution in [2.24, 2.45) is 5.92 Å². The molecule has 0 spiro atoms. The van der Waals surface area contributed by atoms with E-state index in [4.69, 9.17) is 16.3 Å². The van der Waals surface area contributed by atoms with Crippen LogP contribution in [-0.2, 0) is 9.59 Å². The van der Waals surface area contributed by atoms with Crippen molar-refractivity contribution in [2.45, 2.75) is 26.2 Å². The summed E-state index contributed by atoms with van der Waals surface area (Å²) in [5, 5.41) is 3.18. The van der Waals surface area contributed by atoms with E-state index in [1.165, 1.54) is 7.11 Å². The summed E-state index contributed by atoms with van der Waals surface area (Å²) in [7, 11) is 1.51. The molecule has 1 saturated heterocycles. The van der Waals surface area contributed by atoms with Crippen LogP contribution in [0.25, 0.3) is 0 Å². The lowest BCUT2D eigenvalue weighted by Gasteiger charge is -2.30. The van der Waals surface area contributed by atoms with Gasteiger partial charge in [0.15, 0.2) is 0 Å². The number of rotatable bonds is 4. The SMILES string of the molecule is COc1ccc(Cl)cc1NC(=O)CC(=O)N1CCCC(C)C1. The van der Waals surface area contributed by atoms with Gasteiger partial charge in [0.05, 0.1) is 12.8 Å². The van der Waals surface area contributed by atoms with Gasteiger partial charge in [0.1, 0.15) is 12.2 Å². The van der Waals surface area contributed by atoms with Crippen LogP contribution >= 0.6 is 11.6 Å². The van der Waals surface area contributed by atoms with Crippen LogP contribution in [0.1, 0.15) is 26.2 Å². The molecular formula is C16H21ClN2O3. The minimum absolute atomic E-state index is 0.134. The molecule has 120 valence electrons. The summed E-state index contributed by atoms with van der Waals surface area (Å²) in [6.07, 6.45) is 1.97. The molecule has 1 aromatic carbocycles. The summed E-state index contributed by atoms with van der Waals surface area (Å²) < 4.78 is 5.17. The summed E-state index contributed by atoms with van der Waals surface area (Å²) >= 11 is 5.92. The number of nitrogens with one attached hydrogen (secondary N) is 1. The highest BCUT2D eigenvalue weighted by atomic mass is 35.5. The Balaban J connectivity index is 1.95. The van der Waals surface area contributed by atoms with Crippen molar-refractivity contribution in [3.63, 3.8) is 0 Å². The molecule has 1 N–H and O–H groups in total. The summed E-state index contributed by atoms with van der Waals surface area (Å²) in [5.74, 6) is 0.513. The molecule has 2 rings (SSSR count). The number of benzene rings is 1. The summed E-state index contributed by atoms with van der Waals surface area (Å²) in [6.45, 7) is 3.58. The van der Waals surface area contributed by atoms with E-state index in [2.05, 4.69) is 12.2 Å². The fraction of sp³-hybridized carbons (Fsp3) is 0.500. The molecular weight excluding hydrogens is 304 g/mol. The molecule has 0 bridgehead atoms. The van der Waals surface area contributed by atoms with Crippen LogP contribution in [0.2, 0.25) is 5.02 Å². The first-order valence-electron chi connectivity index (χ1n) is 7.40. The number of hydrogen-bond donors (Lipinski definition) is 1. The zero-order valence-corrected chi connectivity index (χ0v) is 13.7. The van der Waals surface area contributed by atoms with E-state index in [1.807, 2.05) is 0 Å². The number of halogens is 1. The van der Waals surface area contributed by atoms with E-state index < -0.39 is 0 Å². The highest BCUT2D eigenvalue weighted by molar-refractivity contribution is 6.31.